The SMILES string of the molecule is CCCn1ncc(OC)c1C(N)c1cccc(Br)c1. The third-order valence-electron chi connectivity index (χ3n) is 3.00. The summed E-state index contributed by atoms with van der Waals surface area (Å²) in [6, 6.07) is 7.75. The van der Waals surface area contributed by atoms with E-state index >= 15 is 0 Å². The van der Waals surface area contributed by atoms with Gasteiger partial charge in [0.25, 0.3) is 0 Å². The van der Waals surface area contributed by atoms with E-state index in [1.54, 1.807) is 13.3 Å². The lowest BCUT2D eigenvalue weighted by molar-refractivity contribution is 0.404. The fourth-order valence-corrected chi connectivity index (χ4v) is 2.51. The maximum atomic E-state index is 6.38. The van der Waals surface area contributed by atoms with Crippen LogP contribution in [0.5, 0.6) is 5.75 Å². The Morgan fingerprint density at radius 1 is 1.47 bits per heavy atom. The number of rotatable bonds is 5. The second kappa shape index (κ2) is 6.21. The molecule has 0 bridgehead atoms. The average molecular weight is 324 g/mol. The fraction of sp³-hybridized carbons (Fsp3) is 0.357. The molecule has 19 heavy (non-hydrogen) atoms. The summed E-state index contributed by atoms with van der Waals surface area (Å²) in [7, 11) is 1.64. The molecule has 0 fully saturated rings. The van der Waals surface area contributed by atoms with E-state index in [9.17, 15) is 0 Å². The molecule has 0 aliphatic carbocycles. The zero-order chi connectivity index (χ0) is 13.8. The van der Waals surface area contributed by atoms with Gasteiger partial charge in [-0.25, -0.2) is 0 Å². The summed E-state index contributed by atoms with van der Waals surface area (Å²) >= 11 is 3.47. The van der Waals surface area contributed by atoms with Gasteiger partial charge in [0.05, 0.1) is 19.3 Å². The van der Waals surface area contributed by atoms with Crippen molar-refractivity contribution in [1.29, 1.82) is 0 Å². The molecule has 0 aliphatic heterocycles. The van der Waals surface area contributed by atoms with Crippen LogP contribution in [-0.4, -0.2) is 16.9 Å². The van der Waals surface area contributed by atoms with Crippen LogP contribution in [0.3, 0.4) is 0 Å². The van der Waals surface area contributed by atoms with E-state index in [4.69, 9.17) is 10.5 Å². The van der Waals surface area contributed by atoms with Crippen molar-refractivity contribution in [3.63, 3.8) is 0 Å². The van der Waals surface area contributed by atoms with Gasteiger partial charge >= 0.3 is 0 Å². The lowest BCUT2D eigenvalue weighted by Crippen LogP contribution is -2.18. The van der Waals surface area contributed by atoms with Crippen LogP contribution in [0, 0.1) is 0 Å². The number of hydrogen-bond acceptors (Lipinski definition) is 3. The predicted molar refractivity (Wildman–Crippen MR) is 79.2 cm³/mol. The van der Waals surface area contributed by atoms with Crippen molar-refractivity contribution in [3.8, 4) is 5.75 Å². The van der Waals surface area contributed by atoms with Crippen molar-refractivity contribution >= 4 is 15.9 Å². The Hall–Kier alpha value is -1.33. The van der Waals surface area contributed by atoms with Crippen LogP contribution in [-0.2, 0) is 6.54 Å². The van der Waals surface area contributed by atoms with Crippen LogP contribution in [0.15, 0.2) is 34.9 Å². The van der Waals surface area contributed by atoms with Gasteiger partial charge in [-0.05, 0) is 24.1 Å². The molecule has 0 spiro atoms. The highest BCUT2D eigenvalue weighted by Gasteiger charge is 2.20. The van der Waals surface area contributed by atoms with Crippen molar-refractivity contribution < 1.29 is 4.74 Å². The summed E-state index contributed by atoms with van der Waals surface area (Å²) in [4.78, 5) is 0. The first-order chi connectivity index (χ1) is 9.17. The minimum absolute atomic E-state index is 0.249. The molecule has 1 heterocycles. The summed E-state index contributed by atoms with van der Waals surface area (Å²) in [5.74, 6) is 0.737. The Bertz CT molecular complexity index is 553. The standard InChI is InChI=1S/C14H18BrN3O/c1-3-7-18-14(12(19-2)9-17-18)13(16)10-5-4-6-11(15)8-10/h4-6,8-9,13H,3,7,16H2,1-2H3. The fourth-order valence-electron chi connectivity index (χ4n) is 2.10. The average Bonchev–Trinajstić information content (AvgIpc) is 2.81. The Morgan fingerprint density at radius 3 is 2.89 bits per heavy atom. The van der Waals surface area contributed by atoms with Gasteiger partial charge in [0.1, 0.15) is 5.69 Å². The molecule has 0 saturated heterocycles. The molecule has 0 radical (unpaired) electrons. The first-order valence-corrected chi connectivity index (χ1v) is 7.07. The lowest BCUT2D eigenvalue weighted by Gasteiger charge is -2.16. The van der Waals surface area contributed by atoms with Crippen molar-refractivity contribution in [3.05, 3.63) is 46.2 Å². The van der Waals surface area contributed by atoms with E-state index < -0.39 is 0 Å². The molecule has 2 aromatic rings. The van der Waals surface area contributed by atoms with E-state index in [-0.39, 0.29) is 6.04 Å². The van der Waals surface area contributed by atoms with E-state index in [1.807, 2.05) is 28.9 Å². The molecular weight excluding hydrogens is 306 g/mol. The molecule has 1 unspecified atom stereocenters. The van der Waals surface area contributed by atoms with Crippen molar-refractivity contribution in [1.82, 2.24) is 9.78 Å². The normalized spacial score (nSPS) is 12.4. The number of nitrogens with zero attached hydrogens (tertiary/aromatic N) is 2. The van der Waals surface area contributed by atoms with Gasteiger partial charge in [-0.15, -0.1) is 0 Å². The Morgan fingerprint density at radius 2 is 2.26 bits per heavy atom. The molecule has 2 N–H and O–H groups in total. The number of hydrogen-bond donors (Lipinski definition) is 1. The molecule has 4 nitrogen and oxygen atoms in total. The Balaban J connectivity index is 2.41. The van der Waals surface area contributed by atoms with Crippen molar-refractivity contribution in [2.45, 2.75) is 25.9 Å². The smallest absolute Gasteiger partial charge is 0.161 e. The minimum Gasteiger partial charge on any atom is -0.493 e. The number of halogens is 1. The van der Waals surface area contributed by atoms with E-state index in [0.29, 0.717) is 0 Å². The third-order valence-corrected chi connectivity index (χ3v) is 3.50. The quantitative estimate of drug-likeness (QED) is 0.919. The van der Waals surface area contributed by atoms with Crippen LogP contribution in [0.1, 0.15) is 30.6 Å². The highest BCUT2D eigenvalue weighted by Crippen LogP contribution is 2.29. The molecule has 5 heteroatoms. The van der Waals surface area contributed by atoms with Gasteiger partial charge in [-0.1, -0.05) is 35.0 Å². The second-order valence-corrected chi connectivity index (χ2v) is 5.27. The molecule has 0 aliphatic rings. The Kier molecular flexibility index (Phi) is 4.61. The largest absolute Gasteiger partial charge is 0.493 e. The third kappa shape index (κ3) is 2.98. The molecule has 1 atom stereocenters. The molecule has 0 amide bonds. The first kappa shape index (κ1) is 14.1. The van der Waals surface area contributed by atoms with Gasteiger partial charge < -0.3 is 10.5 Å². The maximum absolute atomic E-state index is 6.38. The molecule has 2 rings (SSSR count). The van der Waals surface area contributed by atoms with Crippen molar-refractivity contribution in [2.75, 3.05) is 7.11 Å². The van der Waals surface area contributed by atoms with Gasteiger partial charge in [-0.3, -0.25) is 4.68 Å². The minimum atomic E-state index is -0.249. The molecule has 1 aromatic heterocycles. The first-order valence-electron chi connectivity index (χ1n) is 6.28. The number of ether oxygens (including phenoxy) is 1. The highest BCUT2D eigenvalue weighted by atomic mass is 79.9. The van der Waals surface area contributed by atoms with Crippen LogP contribution in [0.4, 0.5) is 0 Å². The Labute approximate surface area is 121 Å². The summed E-state index contributed by atoms with van der Waals surface area (Å²) in [6.07, 6.45) is 2.73. The predicted octanol–water partition coefficient (Wildman–Crippen LogP) is 3.11. The number of aryl methyl sites for hydroxylation is 1. The number of benzene rings is 1. The van der Waals surface area contributed by atoms with E-state index in [2.05, 4.69) is 28.0 Å². The van der Waals surface area contributed by atoms with Crippen LogP contribution in [0.2, 0.25) is 0 Å². The van der Waals surface area contributed by atoms with E-state index in [1.165, 1.54) is 0 Å². The molecule has 0 saturated carbocycles. The van der Waals surface area contributed by atoms with E-state index in [0.717, 1.165) is 34.4 Å². The summed E-state index contributed by atoms with van der Waals surface area (Å²) in [6.45, 7) is 2.95. The summed E-state index contributed by atoms with van der Waals surface area (Å²) < 4.78 is 8.31. The highest BCUT2D eigenvalue weighted by molar-refractivity contribution is 9.10. The zero-order valence-electron chi connectivity index (χ0n) is 11.1. The van der Waals surface area contributed by atoms with Crippen LogP contribution < -0.4 is 10.5 Å². The maximum Gasteiger partial charge on any atom is 0.161 e. The number of nitrogens with two attached hydrogens (primary N) is 1. The number of methoxy groups -OCH3 is 1. The molecular formula is C14H18BrN3O. The van der Waals surface area contributed by atoms with Crippen LogP contribution >= 0.6 is 15.9 Å². The zero-order valence-corrected chi connectivity index (χ0v) is 12.7. The van der Waals surface area contributed by atoms with Crippen molar-refractivity contribution in [2.24, 2.45) is 5.73 Å². The lowest BCUT2D eigenvalue weighted by atomic mass is 10.0. The molecule has 102 valence electrons. The van der Waals surface area contributed by atoms with Gasteiger partial charge in [0, 0.05) is 11.0 Å². The number of aromatic nitrogens is 2. The second-order valence-electron chi connectivity index (χ2n) is 4.35. The summed E-state index contributed by atoms with van der Waals surface area (Å²) in [5.41, 5.74) is 8.33. The molecule has 1 aromatic carbocycles. The van der Waals surface area contributed by atoms with Gasteiger partial charge in [0.2, 0.25) is 0 Å². The van der Waals surface area contributed by atoms with Gasteiger partial charge in [0.15, 0.2) is 5.75 Å². The van der Waals surface area contributed by atoms with Gasteiger partial charge in [-0.2, -0.15) is 5.10 Å². The van der Waals surface area contributed by atoms with Crippen LogP contribution in [0.25, 0.3) is 0 Å². The monoisotopic (exact) mass is 323 g/mol. The summed E-state index contributed by atoms with van der Waals surface area (Å²) in [5, 5.41) is 4.35. The topological polar surface area (TPSA) is 53.1 Å².